The number of hydrogen-bond donors (Lipinski definition) is 1. The minimum Gasteiger partial charge on any atom is -0.381 e. The molecule has 0 saturated carbocycles. The van der Waals surface area contributed by atoms with Crippen molar-refractivity contribution in [3.63, 3.8) is 0 Å². The maximum Gasteiger partial charge on any atom is 0.199 e. The molecule has 12 heteroatoms. The molecule has 2 heterocycles. The molecule has 0 saturated heterocycles. The van der Waals surface area contributed by atoms with Gasteiger partial charge in [-0.1, -0.05) is 6.07 Å². The Labute approximate surface area is 176 Å². The van der Waals surface area contributed by atoms with Gasteiger partial charge in [-0.3, -0.25) is 4.68 Å². The van der Waals surface area contributed by atoms with Crippen molar-refractivity contribution in [2.24, 2.45) is 0 Å². The summed E-state index contributed by atoms with van der Waals surface area (Å²) < 4.78 is 86.9. The maximum atomic E-state index is 14.7. The number of fused-ring (bicyclic) bond motifs is 1. The van der Waals surface area contributed by atoms with Crippen molar-refractivity contribution in [1.29, 1.82) is 0 Å². The van der Waals surface area contributed by atoms with E-state index in [1.54, 1.807) is 0 Å². The molecule has 0 aliphatic heterocycles. The average Bonchev–Trinajstić information content (AvgIpc) is 3.37. The zero-order valence-electron chi connectivity index (χ0n) is 16.6. The molecule has 4 rings (SSSR count). The Morgan fingerprint density at radius 1 is 1.03 bits per heavy atom. The summed E-state index contributed by atoms with van der Waals surface area (Å²) in [6.07, 6.45) is 2.35. The first-order chi connectivity index (χ1) is 15.1. The van der Waals surface area contributed by atoms with E-state index in [0.29, 0.717) is 6.07 Å². The molecule has 32 heavy (non-hydrogen) atoms. The summed E-state index contributed by atoms with van der Waals surface area (Å²) >= 11 is 0. The first-order valence-corrected chi connectivity index (χ1v) is 9.27. The number of aliphatic hydroxyl groups is 1. The molecule has 0 aliphatic carbocycles. The van der Waals surface area contributed by atoms with Gasteiger partial charge in [0.05, 0.1) is 23.7 Å². The minimum atomic E-state index is -2.29. The lowest BCUT2D eigenvalue weighted by Gasteiger charge is -2.35. The average molecular weight is 455 g/mol. The molecule has 0 spiro atoms. The Morgan fingerprint density at radius 2 is 1.72 bits per heavy atom. The summed E-state index contributed by atoms with van der Waals surface area (Å²) in [6, 6.07) is 1.02. The molecule has 0 unspecified atom stereocenters. The fourth-order valence-electron chi connectivity index (χ4n) is 3.75. The van der Waals surface area contributed by atoms with Gasteiger partial charge >= 0.3 is 0 Å². The van der Waals surface area contributed by atoms with Gasteiger partial charge in [0.25, 0.3) is 0 Å². The number of hydrogen-bond acceptors (Lipinski definition) is 4. The normalized spacial score (nSPS) is 14.7. The van der Waals surface area contributed by atoms with E-state index in [-0.39, 0.29) is 5.69 Å². The Balaban J connectivity index is 1.98. The molecule has 2 atom stereocenters. The van der Waals surface area contributed by atoms with Crippen molar-refractivity contribution in [2.45, 2.75) is 32.0 Å². The van der Waals surface area contributed by atoms with Crippen LogP contribution >= 0.6 is 0 Å². The maximum absolute atomic E-state index is 14.7. The highest BCUT2D eigenvalue weighted by molar-refractivity contribution is 5.83. The molecule has 0 radical (unpaired) electrons. The lowest BCUT2D eigenvalue weighted by molar-refractivity contribution is -0.0357. The Hall–Kier alpha value is -3.41. The van der Waals surface area contributed by atoms with Gasteiger partial charge in [-0.15, -0.1) is 0 Å². The van der Waals surface area contributed by atoms with Crippen LogP contribution in [0.3, 0.4) is 0 Å². The van der Waals surface area contributed by atoms with Gasteiger partial charge in [0.15, 0.2) is 23.3 Å². The molecular weight excluding hydrogens is 440 g/mol. The topological polar surface area (TPSA) is 68.8 Å². The molecule has 168 valence electrons. The molecule has 0 bridgehead atoms. The fraction of sp³-hybridized carbons (Fsp3) is 0.250. The van der Waals surface area contributed by atoms with Crippen molar-refractivity contribution < 1.29 is 31.4 Å². The van der Waals surface area contributed by atoms with Gasteiger partial charge < -0.3 is 5.11 Å². The Bertz CT molecular complexity index is 1320. The smallest absolute Gasteiger partial charge is 0.199 e. The monoisotopic (exact) mass is 455 g/mol. The summed E-state index contributed by atoms with van der Waals surface area (Å²) in [5, 5.41) is 18.8. The third-order valence-electron chi connectivity index (χ3n) is 5.42. The molecule has 2 aromatic carbocycles. The third kappa shape index (κ3) is 3.22. The van der Waals surface area contributed by atoms with Crippen LogP contribution in [-0.2, 0) is 12.1 Å². The number of halogens is 6. The Morgan fingerprint density at radius 3 is 2.34 bits per heavy atom. The van der Waals surface area contributed by atoms with Crippen molar-refractivity contribution in [3.05, 3.63) is 77.0 Å². The van der Waals surface area contributed by atoms with Crippen LogP contribution in [0.15, 0.2) is 30.9 Å². The molecule has 0 amide bonds. The van der Waals surface area contributed by atoms with Crippen molar-refractivity contribution >= 4 is 10.9 Å². The highest BCUT2D eigenvalue weighted by Crippen LogP contribution is 2.40. The van der Waals surface area contributed by atoms with Gasteiger partial charge in [-0.25, -0.2) is 36.0 Å². The third-order valence-corrected chi connectivity index (χ3v) is 5.42. The van der Waals surface area contributed by atoms with Crippen molar-refractivity contribution in [2.75, 3.05) is 0 Å². The summed E-state index contributed by atoms with van der Waals surface area (Å²) in [4.78, 5) is 3.73. The minimum absolute atomic E-state index is 0.190. The van der Waals surface area contributed by atoms with Crippen LogP contribution in [0.5, 0.6) is 0 Å². The van der Waals surface area contributed by atoms with Crippen LogP contribution in [0.25, 0.3) is 10.9 Å². The highest BCUT2D eigenvalue weighted by atomic mass is 19.2. The standard InChI is InChI=1S/C20H15F6N5O/c1-9-14-15(23)16(24)17(25)18(26)19(14)31(29-9)10(2)20(32,6-30-8-27-7-28-30)12-4-3-11(21)5-13(12)22/h3-5,7-8,10,32H,6H2,1-2H3/t10-,20-/m1/s1. The van der Waals surface area contributed by atoms with Crippen molar-refractivity contribution in [3.8, 4) is 0 Å². The number of aryl methyl sites for hydroxylation is 1. The van der Waals surface area contributed by atoms with Gasteiger partial charge in [0.2, 0.25) is 0 Å². The van der Waals surface area contributed by atoms with Crippen LogP contribution in [-0.4, -0.2) is 29.7 Å². The number of aromatic nitrogens is 5. The van der Waals surface area contributed by atoms with Gasteiger partial charge in [0, 0.05) is 11.6 Å². The van der Waals surface area contributed by atoms with Crippen LogP contribution in [0, 0.1) is 41.8 Å². The largest absolute Gasteiger partial charge is 0.381 e. The van der Waals surface area contributed by atoms with Crippen LogP contribution in [0.4, 0.5) is 26.3 Å². The summed E-state index contributed by atoms with van der Waals surface area (Å²) in [5.41, 5.74) is -3.65. The number of nitrogens with zero attached hydrogens (tertiary/aromatic N) is 5. The fourth-order valence-corrected chi connectivity index (χ4v) is 3.75. The highest BCUT2D eigenvalue weighted by Gasteiger charge is 2.42. The molecule has 0 aliphatic rings. The zero-order chi connectivity index (χ0) is 23.4. The van der Waals surface area contributed by atoms with Crippen LogP contribution in [0.1, 0.15) is 24.2 Å². The van der Waals surface area contributed by atoms with E-state index >= 15 is 0 Å². The van der Waals surface area contributed by atoms with Gasteiger partial charge in [-0.05, 0) is 19.9 Å². The first kappa shape index (κ1) is 21.8. The second-order valence-corrected chi connectivity index (χ2v) is 7.33. The molecule has 6 nitrogen and oxygen atoms in total. The second-order valence-electron chi connectivity index (χ2n) is 7.33. The SMILES string of the molecule is Cc1nn([C@H](C)[C@](O)(Cn2cncn2)c2ccc(F)cc2F)c2c(F)c(F)c(F)c(F)c12. The quantitative estimate of drug-likeness (QED) is 0.282. The lowest BCUT2D eigenvalue weighted by Crippen LogP contribution is -2.41. The molecule has 1 N–H and O–H groups in total. The molecule has 0 fully saturated rings. The summed E-state index contributed by atoms with van der Waals surface area (Å²) in [6.45, 7) is 2.05. The molecule has 4 aromatic rings. The van der Waals surface area contributed by atoms with Crippen LogP contribution in [0.2, 0.25) is 0 Å². The van der Waals surface area contributed by atoms with Crippen LogP contribution < -0.4 is 0 Å². The second kappa shape index (κ2) is 7.62. The summed E-state index contributed by atoms with van der Waals surface area (Å²) in [5.74, 6) is -9.48. The number of rotatable bonds is 5. The van der Waals surface area contributed by atoms with Gasteiger partial charge in [-0.2, -0.15) is 10.2 Å². The Kier molecular flexibility index (Phi) is 5.19. The van der Waals surface area contributed by atoms with E-state index in [1.807, 2.05) is 0 Å². The number of benzene rings is 2. The summed E-state index contributed by atoms with van der Waals surface area (Å²) in [7, 11) is 0. The van der Waals surface area contributed by atoms with E-state index in [0.717, 1.165) is 27.8 Å². The molecular formula is C20H15F6N5O. The van der Waals surface area contributed by atoms with E-state index in [2.05, 4.69) is 15.2 Å². The first-order valence-electron chi connectivity index (χ1n) is 9.27. The van der Waals surface area contributed by atoms with Gasteiger partial charge in [0.1, 0.15) is 35.4 Å². The van der Waals surface area contributed by atoms with E-state index in [1.165, 1.54) is 20.2 Å². The lowest BCUT2D eigenvalue weighted by atomic mass is 9.86. The van der Waals surface area contributed by atoms with E-state index in [9.17, 15) is 31.4 Å². The zero-order valence-corrected chi connectivity index (χ0v) is 16.6. The predicted octanol–water partition coefficient (Wildman–Crippen LogP) is 3.92. The molecule has 2 aromatic heterocycles. The van der Waals surface area contributed by atoms with Crippen molar-refractivity contribution in [1.82, 2.24) is 24.5 Å². The van der Waals surface area contributed by atoms with E-state index < -0.39 is 69.6 Å². The van der Waals surface area contributed by atoms with E-state index in [4.69, 9.17) is 0 Å². The predicted molar refractivity (Wildman–Crippen MR) is 99.3 cm³/mol.